The molecular weight excluding hydrogens is 479 g/mol. The standard InChI is InChI=1S/C17H34N6O2S.HI/c1-8-26(24,25)22(6)11-9-10-19-17(18-5)20-13(2)12-16-14(3)21-23(7)15(16)4;/h13H,8-12H2,1-7H3,(H2,18,19,20);1H. The van der Waals surface area contributed by atoms with Crippen LogP contribution in [0, 0.1) is 13.8 Å². The second-order valence-corrected chi connectivity index (χ2v) is 8.96. The van der Waals surface area contributed by atoms with E-state index < -0.39 is 10.0 Å². The molecule has 1 aromatic rings. The van der Waals surface area contributed by atoms with Crippen LogP contribution in [0.5, 0.6) is 0 Å². The van der Waals surface area contributed by atoms with Gasteiger partial charge >= 0.3 is 0 Å². The highest BCUT2D eigenvalue weighted by Crippen LogP contribution is 2.14. The number of aliphatic imine (C=N–C) groups is 1. The lowest BCUT2D eigenvalue weighted by atomic mass is 10.1. The summed E-state index contributed by atoms with van der Waals surface area (Å²) in [5.41, 5.74) is 3.50. The summed E-state index contributed by atoms with van der Waals surface area (Å²) in [4.78, 5) is 4.24. The summed E-state index contributed by atoms with van der Waals surface area (Å²) in [6, 6.07) is 0.200. The van der Waals surface area contributed by atoms with E-state index in [9.17, 15) is 8.42 Å². The molecule has 8 nitrogen and oxygen atoms in total. The first kappa shape index (κ1) is 26.1. The molecule has 0 amide bonds. The summed E-state index contributed by atoms with van der Waals surface area (Å²) in [5, 5.41) is 11.1. The first-order chi connectivity index (χ1) is 12.1. The minimum atomic E-state index is -3.11. The number of halogens is 1. The van der Waals surface area contributed by atoms with E-state index in [1.165, 1.54) is 15.6 Å². The lowest BCUT2D eigenvalue weighted by Crippen LogP contribution is -2.44. The van der Waals surface area contributed by atoms with Crippen molar-refractivity contribution in [1.29, 1.82) is 0 Å². The Morgan fingerprint density at radius 3 is 2.48 bits per heavy atom. The van der Waals surface area contributed by atoms with E-state index in [-0.39, 0.29) is 35.8 Å². The van der Waals surface area contributed by atoms with Gasteiger partial charge in [-0.15, -0.1) is 24.0 Å². The van der Waals surface area contributed by atoms with Crippen molar-refractivity contribution in [1.82, 2.24) is 24.7 Å². The Kier molecular flexibility index (Phi) is 11.5. The van der Waals surface area contributed by atoms with Crippen LogP contribution in [0.15, 0.2) is 4.99 Å². The average Bonchev–Trinajstić information content (AvgIpc) is 2.83. The van der Waals surface area contributed by atoms with Gasteiger partial charge in [-0.05, 0) is 46.1 Å². The molecule has 1 atom stereocenters. The molecule has 0 aromatic carbocycles. The van der Waals surface area contributed by atoms with Crippen LogP contribution in [0.2, 0.25) is 0 Å². The van der Waals surface area contributed by atoms with Gasteiger partial charge in [-0.25, -0.2) is 12.7 Å². The predicted octanol–water partition coefficient (Wildman–Crippen LogP) is 1.42. The Bertz CT molecular complexity index is 717. The number of sulfonamides is 1. The second kappa shape index (κ2) is 11.8. The minimum Gasteiger partial charge on any atom is -0.356 e. The lowest BCUT2D eigenvalue weighted by molar-refractivity contribution is 0.461. The van der Waals surface area contributed by atoms with Crippen molar-refractivity contribution in [2.45, 2.75) is 46.6 Å². The third-order valence-electron chi connectivity index (χ3n) is 4.56. The van der Waals surface area contributed by atoms with Gasteiger partial charge in [0.2, 0.25) is 10.0 Å². The molecule has 0 bridgehead atoms. The summed E-state index contributed by atoms with van der Waals surface area (Å²) in [6.45, 7) is 9.02. The predicted molar refractivity (Wildman–Crippen MR) is 122 cm³/mol. The number of hydrogen-bond donors (Lipinski definition) is 2. The molecule has 2 N–H and O–H groups in total. The number of nitrogens with one attached hydrogen (secondary N) is 2. The van der Waals surface area contributed by atoms with Gasteiger partial charge < -0.3 is 10.6 Å². The molecule has 10 heteroatoms. The van der Waals surface area contributed by atoms with E-state index in [1.54, 1.807) is 21.0 Å². The van der Waals surface area contributed by atoms with Crippen molar-refractivity contribution < 1.29 is 8.42 Å². The maximum absolute atomic E-state index is 11.7. The number of hydrogen-bond acceptors (Lipinski definition) is 4. The maximum Gasteiger partial charge on any atom is 0.213 e. The average molecular weight is 514 g/mol. The number of aromatic nitrogens is 2. The molecular formula is C17H35IN6O2S. The lowest BCUT2D eigenvalue weighted by Gasteiger charge is -2.19. The highest BCUT2D eigenvalue weighted by molar-refractivity contribution is 14.0. The molecule has 1 rings (SSSR count). The van der Waals surface area contributed by atoms with E-state index in [1.807, 2.05) is 18.7 Å². The summed E-state index contributed by atoms with van der Waals surface area (Å²) in [5.74, 6) is 0.850. The van der Waals surface area contributed by atoms with Crippen molar-refractivity contribution in [3.63, 3.8) is 0 Å². The van der Waals surface area contributed by atoms with Crippen LogP contribution < -0.4 is 10.6 Å². The van der Waals surface area contributed by atoms with Crippen molar-refractivity contribution >= 4 is 40.0 Å². The summed E-state index contributed by atoms with van der Waals surface area (Å²) in [7, 11) is 2.20. The second-order valence-electron chi connectivity index (χ2n) is 6.60. The van der Waals surface area contributed by atoms with Crippen LogP contribution in [-0.2, 0) is 23.5 Å². The first-order valence-electron chi connectivity index (χ1n) is 9.02. The molecule has 1 unspecified atom stereocenters. The Hall–Kier alpha value is -0.880. The zero-order valence-electron chi connectivity index (χ0n) is 17.5. The molecule has 1 heterocycles. The number of guanidine groups is 1. The fraction of sp³-hybridized carbons (Fsp3) is 0.765. The number of aryl methyl sites for hydroxylation is 2. The van der Waals surface area contributed by atoms with Gasteiger partial charge in [0, 0.05) is 46.0 Å². The van der Waals surface area contributed by atoms with Crippen molar-refractivity contribution in [2.75, 3.05) is 32.9 Å². The Morgan fingerprint density at radius 2 is 2.00 bits per heavy atom. The smallest absolute Gasteiger partial charge is 0.213 e. The topological polar surface area (TPSA) is 91.6 Å². The van der Waals surface area contributed by atoms with Gasteiger partial charge in [-0.3, -0.25) is 9.67 Å². The van der Waals surface area contributed by atoms with Crippen LogP contribution in [-0.4, -0.2) is 67.4 Å². The molecule has 0 radical (unpaired) electrons. The Balaban J connectivity index is 0.00000676. The van der Waals surface area contributed by atoms with E-state index in [4.69, 9.17) is 0 Å². The molecule has 158 valence electrons. The SMILES string of the molecule is CCS(=O)(=O)N(C)CCCNC(=NC)NC(C)Cc1c(C)nn(C)c1C.I. The summed E-state index contributed by atoms with van der Waals surface area (Å²) in [6.07, 6.45) is 1.58. The van der Waals surface area contributed by atoms with E-state index >= 15 is 0 Å². The van der Waals surface area contributed by atoms with Gasteiger partial charge in [-0.1, -0.05) is 0 Å². The van der Waals surface area contributed by atoms with Gasteiger partial charge in [0.15, 0.2) is 5.96 Å². The Labute approximate surface area is 181 Å². The van der Waals surface area contributed by atoms with Crippen LogP contribution in [0.4, 0.5) is 0 Å². The van der Waals surface area contributed by atoms with Crippen molar-refractivity contribution in [3.05, 3.63) is 17.0 Å². The zero-order valence-corrected chi connectivity index (χ0v) is 20.7. The monoisotopic (exact) mass is 514 g/mol. The molecule has 0 saturated carbocycles. The van der Waals surface area contributed by atoms with Gasteiger partial charge in [-0.2, -0.15) is 5.10 Å². The molecule has 0 fully saturated rings. The fourth-order valence-corrected chi connectivity index (χ4v) is 3.61. The first-order valence-corrected chi connectivity index (χ1v) is 10.6. The number of nitrogens with zero attached hydrogens (tertiary/aromatic N) is 4. The molecule has 0 spiro atoms. The molecule has 0 aliphatic carbocycles. The third-order valence-corrected chi connectivity index (χ3v) is 6.42. The van der Waals surface area contributed by atoms with Gasteiger partial charge in [0.1, 0.15) is 0 Å². The van der Waals surface area contributed by atoms with E-state index in [2.05, 4.69) is 34.6 Å². The van der Waals surface area contributed by atoms with Crippen molar-refractivity contribution in [3.8, 4) is 0 Å². The van der Waals surface area contributed by atoms with Crippen LogP contribution in [0.3, 0.4) is 0 Å². The summed E-state index contributed by atoms with van der Waals surface area (Å²) < 4.78 is 26.8. The maximum atomic E-state index is 11.7. The summed E-state index contributed by atoms with van der Waals surface area (Å²) >= 11 is 0. The quantitative estimate of drug-likeness (QED) is 0.225. The van der Waals surface area contributed by atoms with Gasteiger partial charge in [0.25, 0.3) is 0 Å². The van der Waals surface area contributed by atoms with Crippen LogP contribution >= 0.6 is 24.0 Å². The molecule has 0 aliphatic rings. The highest BCUT2D eigenvalue weighted by atomic mass is 127. The van der Waals surface area contributed by atoms with Crippen molar-refractivity contribution in [2.24, 2.45) is 12.0 Å². The van der Waals surface area contributed by atoms with Crippen LogP contribution in [0.1, 0.15) is 37.2 Å². The third kappa shape index (κ3) is 7.94. The van der Waals surface area contributed by atoms with Crippen LogP contribution in [0.25, 0.3) is 0 Å². The van der Waals surface area contributed by atoms with E-state index in [0.29, 0.717) is 19.5 Å². The van der Waals surface area contributed by atoms with E-state index in [0.717, 1.165) is 18.1 Å². The molecule has 27 heavy (non-hydrogen) atoms. The van der Waals surface area contributed by atoms with Gasteiger partial charge in [0.05, 0.1) is 11.4 Å². The zero-order chi connectivity index (χ0) is 19.9. The fourth-order valence-electron chi connectivity index (χ4n) is 2.77. The highest BCUT2D eigenvalue weighted by Gasteiger charge is 2.15. The Morgan fingerprint density at radius 1 is 1.37 bits per heavy atom. The molecule has 1 aromatic heterocycles. The normalized spacial score (nSPS) is 13.4. The number of rotatable bonds is 9. The minimum absolute atomic E-state index is 0. The largest absolute Gasteiger partial charge is 0.356 e. The molecule has 0 aliphatic heterocycles. The molecule has 0 saturated heterocycles.